The molecule has 0 aliphatic rings. The summed E-state index contributed by atoms with van der Waals surface area (Å²) in [6.07, 6.45) is 0. The molecule has 0 aliphatic heterocycles. The Morgan fingerprint density at radius 1 is 1.11 bits per heavy atom. The number of hydrogen-bond acceptors (Lipinski definition) is 4. The van der Waals surface area contributed by atoms with Crippen LogP contribution < -0.4 is 0 Å². The first kappa shape index (κ1) is 12.6. The van der Waals surface area contributed by atoms with E-state index >= 15 is 0 Å². The lowest BCUT2D eigenvalue weighted by Gasteiger charge is -2.14. The molecule has 0 bridgehead atoms. The molecule has 2 rings (SSSR count). The third-order valence-corrected chi connectivity index (χ3v) is 3.01. The molecular weight excluding hydrogens is 244 g/mol. The zero-order valence-corrected chi connectivity index (χ0v) is 11.3. The highest BCUT2D eigenvalue weighted by Gasteiger charge is 2.09. The van der Waals surface area contributed by atoms with Gasteiger partial charge in [0, 0.05) is 11.1 Å². The van der Waals surface area contributed by atoms with Crippen molar-refractivity contribution in [1.29, 1.82) is 0 Å². The van der Waals surface area contributed by atoms with Crippen molar-refractivity contribution in [1.82, 2.24) is 9.97 Å². The van der Waals surface area contributed by atoms with Crippen molar-refractivity contribution in [3.8, 4) is 11.4 Å². The lowest BCUT2D eigenvalue weighted by atomic mass is 10.1. The first-order valence-corrected chi connectivity index (χ1v) is 6.03. The first-order valence-electron chi connectivity index (χ1n) is 5.62. The van der Waals surface area contributed by atoms with Crippen LogP contribution in [0.25, 0.3) is 11.4 Å². The Labute approximate surface area is 112 Å². The topological polar surface area (TPSA) is 42.9 Å². The molecule has 0 fully saturated rings. The van der Waals surface area contributed by atoms with E-state index < -0.39 is 0 Å². The van der Waals surface area contributed by atoms with Gasteiger partial charge in [0.05, 0.1) is 5.69 Å². The van der Waals surface area contributed by atoms with Gasteiger partial charge in [-0.25, -0.2) is 4.98 Å². The molecule has 0 aliphatic carbocycles. The lowest BCUT2D eigenvalue weighted by molar-refractivity contribution is 0.101. The summed E-state index contributed by atoms with van der Waals surface area (Å²) in [4.78, 5) is 20.0. The van der Waals surface area contributed by atoms with Gasteiger partial charge in [-0.3, -0.25) is 9.78 Å². The number of aryl methyl sites for hydroxylation is 2. The summed E-state index contributed by atoms with van der Waals surface area (Å²) < 4.78 is 0. The maximum absolute atomic E-state index is 11.4. The SMILES string of the molecule is CC(=O)c1c(C)nc(-c2ccc(C)cc2)nc1[S-]. The molecule has 0 unspecified atom stereocenters. The molecule has 92 valence electrons. The Hall–Kier alpha value is -1.81. The van der Waals surface area contributed by atoms with Gasteiger partial charge in [-0.05, 0) is 20.8 Å². The molecule has 1 aromatic heterocycles. The summed E-state index contributed by atoms with van der Waals surface area (Å²) in [5.74, 6) is 0.482. The highest BCUT2D eigenvalue weighted by Crippen LogP contribution is 2.19. The molecular formula is C14H13N2OS-. The normalized spacial score (nSPS) is 10.4. The van der Waals surface area contributed by atoms with E-state index in [2.05, 4.69) is 9.97 Å². The number of carbonyl (C=O) groups is 1. The van der Waals surface area contributed by atoms with Crippen LogP contribution in [-0.2, 0) is 12.6 Å². The second-order valence-corrected chi connectivity index (χ2v) is 4.62. The second kappa shape index (κ2) is 4.82. The molecule has 4 heteroatoms. The van der Waals surface area contributed by atoms with Gasteiger partial charge in [0.2, 0.25) is 0 Å². The predicted molar refractivity (Wildman–Crippen MR) is 72.6 cm³/mol. The number of benzene rings is 1. The Balaban J connectivity index is 2.54. The number of carbonyl (C=O) groups excluding carboxylic acids is 1. The molecule has 0 spiro atoms. The van der Waals surface area contributed by atoms with E-state index in [1.54, 1.807) is 6.92 Å². The van der Waals surface area contributed by atoms with Crippen LogP contribution in [0.5, 0.6) is 0 Å². The highest BCUT2D eigenvalue weighted by molar-refractivity contribution is 7.58. The van der Waals surface area contributed by atoms with Gasteiger partial charge in [-0.2, -0.15) is 0 Å². The Morgan fingerprint density at radius 3 is 2.22 bits per heavy atom. The molecule has 3 nitrogen and oxygen atoms in total. The molecule has 1 heterocycles. The maximum atomic E-state index is 11.4. The monoisotopic (exact) mass is 257 g/mol. The summed E-state index contributed by atoms with van der Waals surface area (Å²) in [6, 6.07) is 7.89. The third kappa shape index (κ3) is 2.38. The van der Waals surface area contributed by atoms with Gasteiger partial charge >= 0.3 is 0 Å². The van der Waals surface area contributed by atoms with Crippen LogP contribution in [0, 0.1) is 13.8 Å². The van der Waals surface area contributed by atoms with Crippen molar-refractivity contribution in [2.24, 2.45) is 0 Å². The average molecular weight is 257 g/mol. The van der Waals surface area contributed by atoms with Gasteiger partial charge in [-0.15, -0.1) is 0 Å². The number of ketones is 1. The van der Waals surface area contributed by atoms with Crippen LogP contribution >= 0.6 is 0 Å². The predicted octanol–water partition coefficient (Wildman–Crippen LogP) is 2.87. The molecule has 2 aromatic rings. The minimum atomic E-state index is -0.0899. The van der Waals surface area contributed by atoms with Crippen molar-refractivity contribution in [2.75, 3.05) is 0 Å². The number of hydrogen-bond donors (Lipinski definition) is 0. The van der Waals surface area contributed by atoms with Crippen LogP contribution in [0.2, 0.25) is 0 Å². The molecule has 1 aromatic carbocycles. The molecule has 0 N–H and O–H groups in total. The fraction of sp³-hybridized carbons (Fsp3) is 0.214. The molecule has 0 saturated heterocycles. The zero-order valence-electron chi connectivity index (χ0n) is 10.5. The van der Waals surface area contributed by atoms with Gasteiger partial charge < -0.3 is 12.6 Å². The third-order valence-electron chi connectivity index (χ3n) is 2.72. The fourth-order valence-electron chi connectivity index (χ4n) is 1.78. The summed E-state index contributed by atoms with van der Waals surface area (Å²) >= 11 is 5.16. The van der Waals surface area contributed by atoms with Gasteiger partial charge in [0.15, 0.2) is 11.6 Å². The van der Waals surface area contributed by atoms with Crippen molar-refractivity contribution in [2.45, 2.75) is 25.8 Å². The second-order valence-electron chi connectivity index (χ2n) is 4.23. The Bertz CT molecular complexity index is 583. The smallest absolute Gasteiger partial charge is 0.161 e. The van der Waals surface area contributed by atoms with E-state index in [-0.39, 0.29) is 5.78 Å². The lowest BCUT2D eigenvalue weighted by Crippen LogP contribution is -2.06. The molecule has 18 heavy (non-hydrogen) atoms. The van der Waals surface area contributed by atoms with E-state index in [4.69, 9.17) is 12.6 Å². The maximum Gasteiger partial charge on any atom is 0.161 e. The minimum absolute atomic E-state index is 0.0899. The number of Topliss-reactive ketones (excluding diaryl/α,β-unsaturated/α-hetero) is 1. The average Bonchev–Trinajstić information content (AvgIpc) is 2.28. The quantitative estimate of drug-likeness (QED) is 0.471. The van der Waals surface area contributed by atoms with Crippen molar-refractivity contribution >= 4 is 18.4 Å². The van der Waals surface area contributed by atoms with Crippen molar-refractivity contribution in [3.63, 3.8) is 0 Å². The first-order chi connectivity index (χ1) is 8.49. The van der Waals surface area contributed by atoms with Crippen LogP contribution in [0.3, 0.4) is 0 Å². The Kier molecular flexibility index (Phi) is 3.39. The summed E-state index contributed by atoms with van der Waals surface area (Å²) in [6.45, 7) is 5.28. The van der Waals surface area contributed by atoms with Gasteiger partial charge in [-0.1, -0.05) is 34.9 Å². The van der Waals surface area contributed by atoms with Crippen LogP contribution in [-0.4, -0.2) is 15.8 Å². The molecule has 0 atom stereocenters. The Morgan fingerprint density at radius 2 is 1.72 bits per heavy atom. The molecule has 0 amide bonds. The van der Waals surface area contributed by atoms with Crippen molar-refractivity contribution in [3.05, 3.63) is 41.1 Å². The largest absolute Gasteiger partial charge is 0.759 e. The molecule has 0 saturated carbocycles. The number of rotatable bonds is 2. The standard InChI is InChI=1S/C14H14N2OS/c1-8-4-6-11(7-5-8)13-15-9(2)12(10(3)17)14(18)16-13/h4-7H,1-3H3,(H,15,16,18)/p-1. The van der Waals surface area contributed by atoms with Crippen molar-refractivity contribution < 1.29 is 4.79 Å². The van der Waals surface area contributed by atoms with Crippen LogP contribution in [0.1, 0.15) is 28.5 Å². The number of aromatic nitrogens is 2. The zero-order chi connectivity index (χ0) is 13.3. The minimum Gasteiger partial charge on any atom is -0.759 e. The van der Waals surface area contributed by atoms with E-state index in [1.807, 2.05) is 31.2 Å². The summed E-state index contributed by atoms with van der Waals surface area (Å²) in [5.41, 5.74) is 3.17. The van der Waals surface area contributed by atoms with E-state index in [0.29, 0.717) is 22.1 Å². The summed E-state index contributed by atoms with van der Waals surface area (Å²) in [7, 11) is 0. The van der Waals surface area contributed by atoms with Crippen LogP contribution in [0.15, 0.2) is 29.3 Å². The highest BCUT2D eigenvalue weighted by atomic mass is 32.1. The van der Waals surface area contributed by atoms with E-state index in [0.717, 1.165) is 5.56 Å². The van der Waals surface area contributed by atoms with E-state index in [9.17, 15) is 4.79 Å². The molecule has 0 radical (unpaired) electrons. The van der Waals surface area contributed by atoms with Gasteiger partial charge in [0.1, 0.15) is 0 Å². The van der Waals surface area contributed by atoms with Crippen LogP contribution in [0.4, 0.5) is 0 Å². The van der Waals surface area contributed by atoms with Gasteiger partial charge in [0.25, 0.3) is 0 Å². The summed E-state index contributed by atoms with van der Waals surface area (Å²) in [5, 5.41) is 0.325. The fourth-order valence-corrected chi connectivity index (χ4v) is 2.16. The van der Waals surface area contributed by atoms with E-state index in [1.165, 1.54) is 12.5 Å². The number of nitrogens with zero attached hydrogens (tertiary/aromatic N) is 2.